The van der Waals surface area contributed by atoms with Crippen molar-refractivity contribution < 1.29 is 14.6 Å². The van der Waals surface area contributed by atoms with E-state index in [1.54, 1.807) is 24.3 Å². The summed E-state index contributed by atoms with van der Waals surface area (Å²) in [6.45, 7) is 15.8. The van der Waals surface area contributed by atoms with E-state index in [4.69, 9.17) is 4.74 Å². The number of anilines is 1. The van der Waals surface area contributed by atoms with Crippen LogP contribution in [0.1, 0.15) is 52.9 Å². The summed E-state index contributed by atoms with van der Waals surface area (Å²) in [6, 6.07) is 9.65. The molecule has 0 amide bonds. The van der Waals surface area contributed by atoms with E-state index < -0.39 is 5.97 Å². The summed E-state index contributed by atoms with van der Waals surface area (Å²) in [5.74, 6) is 0.240. The molecule has 0 fully saturated rings. The number of hydrogen-bond donors (Lipinski definition) is 2. The van der Waals surface area contributed by atoms with Gasteiger partial charge in [0.25, 0.3) is 0 Å². The van der Waals surface area contributed by atoms with Gasteiger partial charge in [-0.25, -0.2) is 0 Å². The SMILES string of the molecule is C=C/C=C\C(=C/C)OC(=C(/C=C)N(CCCC)CCCC)/C(=C\CC(=O)O)Nc1ccccc1. The summed E-state index contributed by atoms with van der Waals surface area (Å²) in [5, 5.41) is 12.8. The molecule has 2 N–H and O–H groups in total. The highest BCUT2D eigenvalue weighted by atomic mass is 16.5. The largest absolute Gasteiger partial charge is 0.481 e. The van der Waals surface area contributed by atoms with Crippen molar-refractivity contribution in [3.8, 4) is 0 Å². The zero-order chi connectivity index (χ0) is 25.2. The standard InChI is InChI=1S/C29H40N2O3/c1-6-11-19-25(9-4)34-29(27(10-5)31(22-12-7-2)23-13-8-3)26(20-21-28(32)33)30-24-17-15-14-16-18-24/h6,9-11,14-20,30H,1,5,7-8,12-13,21-23H2,2-4H3,(H,32,33)/b19-11-,25-9+,26-20+,29-27-. The number of unbranched alkanes of at least 4 members (excludes halogenated alkanes) is 2. The van der Waals surface area contributed by atoms with Gasteiger partial charge < -0.3 is 20.1 Å². The van der Waals surface area contributed by atoms with Crippen LogP contribution in [-0.4, -0.2) is 29.1 Å². The molecule has 0 aliphatic rings. The number of carboxylic acids is 1. The van der Waals surface area contributed by atoms with Crippen LogP contribution in [-0.2, 0) is 9.53 Å². The number of allylic oxidation sites excluding steroid dienone is 5. The summed E-state index contributed by atoms with van der Waals surface area (Å²) in [4.78, 5) is 13.7. The maximum atomic E-state index is 11.5. The molecular formula is C29H40N2O3. The average Bonchev–Trinajstić information content (AvgIpc) is 2.85. The van der Waals surface area contributed by atoms with E-state index >= 15 is 0 Å². The van der Waals surface area contributed by atoms with Crippen molar-refractivity contribution in [3.05, 3.63) is 103 Å². The maximum Gasteiger partial charge on any atom is 0.307 e. The Labute approximate surface area is 205 Å². The Hall–Kier alpha value is -3.47. The van der Waals surface area contributed by atoms with Crippen LogP contribution in [0.2, 0.25) is 0 Å². The number of para-hydroxylation sites is 1. The Balaban J connectivity index is 3.70. The summed E-state index contributed by atoms with van der Waals surface area (Å²) < 4.78 is 6.43. The molecule has 0 radical (unpaired) electrons. The van der Waals surface area contributed by atoms with Crippen LogP contribution in [0, 0.1) is 0 Å². The van der Waals surface area contributed by atoms with Gasteiger partial charge in [0.1, 0.15) is 5.76 Å². The Morgan fingerprint density at radius 3 is 2.26 bits per heavy atom. The first-order valence-corrected chi connectivity index (χ1v) is 12.0. The van der Waals surface area contributed by atoms with Crippen LogP contribution in [0.15, 0.2) is 103 Å². The van der Waals surface area contributed by atoms with Crippen LogP contribution in [0.4, 0.5) is 5.69 Å². The van der Waals surface area contributed by atoms with Gasteiger partial charge in [-0.05, 0) is 56.2 Å². The number of nitrogens with one attached hydrogen (secondary N) is 1. The molecule has 5 nitrogen and oxygen atoms in total. The zero-order valence-corrected chi connectivity index (χ0v) is 20.9. The number of carbonyl (C=O) groups is 1. The molecule has 1 rings (SSSR count). The molecule has 0 heterocycles. The van der Waals surface area contributed by atoms with E-state index in [1.807, 2.05) is 49.4 Å². The lowest BCUT2D eigenvalue weighted by Gasteiger charge is -2.29. The predicted molar refractivity (Wildman–Crippen MR) is 143 cm³/mol. The van der Waals surface area contributed by atoms with E-state index in [9.17, 15) is 9.90 Å². The monoisotopic (exact) mass is 464 g/mol. The van der Waals surface area contributed by atoms with Crippen LogP contribution >= 0.6 is 0 Å². The van der Waals surface area contributed by atoms with Gasteiger partial charge >= 0.3 is 5.97 Å². The number of carboxylic acid groups (broad SMARTS) is 1. The van der Waals surface area contributed by atoms with E-state index in [2.05, 4.69) is 37.2 Å². The lowest BCUT2D eigenvalue weighted by atomic mass is 10.1. The molecule has 0 aliphatic heterocycles. The number of rotatable bonds is 17. The van der Waals surface area contributed by atoms with Crippen molar-refractivity contribution >= 4 is 11.7 Å². The first-order valence-electron chi connectivity index (χ1n) is 12.0. The highest BCUT2D eigenvalue weighted by Crippen LogP contribution is 2.27. The minimum absolute atomic E-state index is 0.149. The molecule has 0 saturated heterocycles. The van der Waals surface area contributed by atoms with Gasteiger partial charge in [0.15, 0.2) is 5.76 Å². The molecule has 0 aliphatic carbocycles. The van der Waals surface area contributed by atoms with E-state index in [0.29, 0.717) is 17.2 Å². The molecule has 5 heteroatoms. The third-order valence-electron chi connectivity index (χ3n) is 5.01. The van der Waals surface area contributed by atoms with Gasteiger partial charge in [-0.2, -0.15) is 0 Å². The van der Waals surface area contributed by atoms with Gasteiger partial charge in [0, 0.05) is 18.8 Å². The topological polar surface area (TPSA) is 61.8 Å². The third-order valence-corrected chi connectivity index (χ3v) is 5.01. The highest BCUT2D eigenvalue weighted by Gasteiger charge is 2.19. The number of hydrogen-bond acceptors (Lipinski definition) is 4. The van der Waals surface area contributed by atoms with Crippen molar-refractivity contribution in [2.24, 2.45) is 0 Å². The van der Waals surface area contributed by atoms with Crippen LogP contribution in [0.5, 0.6) is 0 Å². The third kappa shape index (κ3) is 10.4. The second-order valence-electron chi connectivity index (χ2n) is 7.71. The van der Waals surface area contributed by atoms with Crippen molar-refractivity contribution in [3.63, 3.8) is 0 Å². The summed E-state index contributed by atoms with van der Waals surface area (Å²) in [7, 11) is 0. The van der Waals surface area contributed by atoms with Gasteiger partial charge in [-0.1, -0.05) is 70.2 Å². The number of benzene rings is 1. The van der Waals surface area contributed by atoms with Gasteiger partial charge in [-0.15, -0.1) is 0 Å². The molecule has 0 atom stereocenters. The molecular weight excluding hydrogens is 424 g/mol. The Morgan fingerprint density at radius 1 is 1.12 bits per heavy atom. The second kappa shape index (κ2) is 17.1. The van der Waals surface area contributed by atoms with E-state index in [0.717, 1.165) is 50.2 Å². The predicted octanol–water partition coefficient (Wildman–Crippen LogP) is 7.42. The van der Waals surface area contributed by atoms with Crippen LogP contribution < -0.4 is 5.32 Å². The van der Waals surface area contributed by atoms with Gasteiger partial charge in [0.05, 0.1) is 17.8 Å². The smallest absolute Gasteiger partial charge is 0.307 e. The van der Waals surface area contributed by atoms with Gasteiger partial charge in [0.2, 0.25) is 0 Å². The first-order chi connectivity index (χ1) is 16.5. The zero-order valence-electron chi connectivity index (χ0n) is 20.9. The number of aliphatic carboxylic acids is 1. The molecule has 184 valence electrons. The summed E-state index contributed by atoms with van der Waals surface area (Å²) in [6.07, 6.45) is 14.7. The van der Waals surface area contributed by atoms with Crippen molar-refractivity contribution in [1.29, 1.82) is 0 Å². The summed E-state index contributed by atoms with van der Waals surface area (Å²) >= 11 is 0. The van der Waals surface area contributed by atoms with E-state index in [-0.39, 0.29) is 6.42 Å². The van der Waals surface area contributed by atoms with Crippen molar-refractivity contribution in [2.45, 2.75) is 52.9 Å². The minimum atomic E-state index is -0.918. The average molecular weight is 465 g/mol. The Bertz CT molecular complexity index is 887. The van der Waals surface area contributed by atoms with E-state index in [1.165, 1.54) is 0 Å². The van der Waals surface area contributed by atoms with Crippen LogP contribution in [0.25, 0.3) is 0 Å². The second-order valence-corrected chi connectivity index (χ2v) is 7.71. The van der Waals surface area contributed by atoms with Gasteiger partial charge in [-0.3, -0.25) is 4.79 Å². The Kier molecular flexibility index (Phi) is 14.3. The molecule has 0 aromatic heterocycles. The quantitative estimate of drug-likeness (QED) is 0.185. The minimum Gasteiger partial charge on any atom is -0.481 e. The molecule has 0 saturated carbocycles. The lowest BCUT2D eigenvalue weighted by molar-refractivity contribution is -0.136. The number of nitrogens with zero attached hydrogens (tertiary/aromatic N) is 1. The molecule has 0 bridgehead atoms. The molecule has 1 aromatic rings. The fourth-order valence-corrected chi connectivity index (χ4v) is 3.20. The molecule has 0 unspecified atom stereocenters. The normalized spacial score (nSPS) is 12.8. The Morgan fingerprint density at radius 2 is 1.76 bits per heavy atom. The first kappa shape index (κ1) is 28.6. The number of ether oxygens (including phenoxy) is 1. The molecule has 34 heavy (non-hydrogen) atoms. The van der Waals surface area contributed by atoms with Crippen molar-refractivity contribution in [2.75, 3.05) is 18.4 Å². The maximum absolute atomic E-state index is 11.5. The van der Waals surface area contributed by atoms with Crippen LogP contribution in [0.3, 0.4) is 0 Å². The van der Waals surface area contributed by atoms with Crippen molar-refractivity contribution in [1.82, 2.24) is 4.90 Å². The molecule has 1 aromatic carbocycles. The molecule has 0 spiro atoms. The fraction of sp³-hybridized carbons (Fsp3) is 0.345. The highest BCUT2D eigenvalue weighted by molar-refractivity contribution is 5.69. The lowest BCUT2D eigenvalue weighted by Crippen LogP contribution is -2.27. The fourth-order valence-electron chi connectivity index (χ4n) is 3.20. The summed E-state index contributed by atoms with van der Waals surface area (Å²) in [5.41, 5.74) is 2.24.